The lowest BCUT2D eigenvalue weighted by atomic mass is 9.96. The van der Waals surface area contributed by atoms with Crippen LogP contribution in [0.1, 0.15) is 57.4 Å². The van der Waals surface area contributed by atoms with E-state index in [1.165, 1.54) is 18.4 Å². The van der Waals surface area contributed by atoms with Crippen molar-refractivity contribution >= 4 is 17.5 Å². The van der Waals surface area contributed by atoms with E-state index in [0.717, 1.165) is 6.07 Å². The summed E-state index contributed by atoms with van der Waals surface area (Å²) in [6, 6.07) is 3.44. The van der Waals surface area contributed by atoms with Crippen molar-refractivity contribution in [2.45, 2.75) is 32.4 Å². The Labute approximate surface area is 147 Å². The largest absolute Gasteiger partial charge is 0.468 e. The predicted octanol–water partition coefficient (Wildman–Crippen LogP) is 3.96. The van der Waals surface area contributed by atoms with Crippen molar-refractivity contribution in [1.29, 1.82) is 0 Å². The van der Waals surface area contributed by atoms with E-state index in [1.807, 2.05) is 0 Å². The van der Waals surface area contributed by atoms with Gasteiger partial charge in [-0.05, 0) is 29.7 Å². The molecule has 2 heterocycles. The molecule has 0 saturated carbocycles. The van der Waals surface area contributed by atoms with Gasteiger partial charge in [-0.1, -0.05) is 13.8 Å². The first kappa shape index (κ1) is 18.0. The maximum absolute atomic E-state index is 13.1. The summed E-state index contributed by atoms with van der Waals surface area (Å²) in [5, 5.41) is 5.17. The molecule has 0 unspecified atom stereocenters. The molecule has 26 heavy (non-hydrogen) atoms. The number of anilines is 1. The Balaban J connectivity index is 1.90. The van der Waals surface area contributed by atoms with Gasteiger partial charge < -0.3 is 15.1 Å². The van der Waals surface area contributed by atoms with E-state index in [0.29, 0.717) is 18.7 Å². The van der Waals surface area contributed by atoms with E-state index in [9.17, 15) is 22.8 Å². The third kappa shape index (κ3) is 3.31. The summed E-state index contributed by atoms with van der Waals surface area (Å²) in [4.78, 5) is 24.4. The Morgan fingerprint density at radius 3 is 2.69 bits per heavy atom. The normalized spacial score (nSPS) is 14.2. The van der Waals surface area contributed by atoms with Gasteiger partial charge in [0.2, 0.25) is 0 Å². The molecule has 1 aromatic heterocycles. The highest BCUT2D eigenvalue weighted by molar-refractivity contribution is 6.12. The number of fused-ring (bicyclic) bond motifs is 1. The molecule has 0 bridgehead atoms. The fourth-order valence-electron chi connectivity index (χ4n) is 2.95. The van der Waals surface area contributed by atoms with Gasteiger partial charge in [0.25, 0.3) is 11.8 Å². The maximum atomic E-state index is 13.1. The topological polar surface area (TPSA) is 71.3 Å². The molecule has 1 aliphatic heterocycles. The molecule has 0 spiro atoms. The van der Waals surface area contributed by atoms with Gasteiger partial charge >= 0.3 is 6.18 Å². The van der Waals surface area contributed by atoms with E-state index < -0.39 is 23.6 Å². The summed E-state index contributed by atoms with van der Waals surface area (Å²) in [5.41, 5.74) is -0.196. The van der Waals surface area contributed by atoms with E-state index in [-0.39, 0.29) is 28.3 Å². The van der Waals surface area contributed by atoms with Gasteiger partial charge in [-0.2, -0.15) is 13.2 Å². The number of hydrogen-bond donors (Lipinski definition) is 2. The lowest BCUT2D eigenvalue weighted by Crippen LogP contribution is -2.32. The minimum atomic E-state index is -4.47. The molecule has 0 atom stereocenters. The molecule has 3 rings (SSSR count). The number of rotatable bonds is 3. The highest BCUT2D eigenvalue weighted by Gasteiger charge is 2.34. The monoisotopic (exact) mass is 366 g/mol. The molecule has 5 nitrogen and oxygen atoms in total. The van der Waals surface area contributed by atoms with Crippen molar-refractivity contribution < 1.29 is 27.2 Å². The van der Waals surface area contributed by atoms with Crippen LogP contribution in [0, 0.1) is 0 Å². The molecule has 0 aliphatic carbocycles. The van der Waals surface area contributed by atoms with Gasteiger partial charge in [-0.15, -0.1) is 0 Å². The Hall–Kier alpha value is -2.77. The van der Waals surface area contributed by atoms with Gasteiger partial charge in [0.1, 0.15) is 12.0 Å². The van der Waals surface area contributed by atoms with Gasteiger partial charge in [-0.25, -0.2) is 0 Å². The van der Waals surface area contributed by atoms with Crippen LogP contribution in [0.2, 0.25) is 0 Å². The molecule has 2 amide bonds. The maximum Gasteiger partial charge on any atom is 0.416 e. The SMILES string of the molecule is CC(C)c1cc(NC(=O)c2coc3c2C(=O)NCC3)ccc1C(F)(F)F. The Bertz CT molecular complexity index is 869. The van der Waals surface area contributed by atoms with Gasteiger partial charge in [0.05, 0.1) is 16.7 Å². The Morgan fingerprint density at radius 1 is 1.31 bits per heavy atom. The summed E-state index contributed by atoms with van der Waals surface area (Å²) in [7, 11) is 0. The highest BCUT2D eigenvalue weighted by Crippen LogP contribution is 2.36. The number of furan rings is 1. The second-order valence-electron chi connectivity index (χ2n) is 6.36. The molecule has 2 aromatic rings. The molecule has 2 N–H and O–H groups in total. The van der Waals surface area contributed by atoms with Crippen LogP contribution in [0.4, 0.5) is 18.9 Å². The minimum Gasteiger partial charge on any atom is -0.468 e. The van der Waals surface area contributed by atoms with Crippen LogP contribution in [-0.4, -0.2) is 18.4 Å². The number of carbonyl (C=O) groups excluding carboxylic acids is 2. The van der Waals surface area contributed by atoms with E-state index in [2.05, 4.69) is 10.6 Å². The van der Waals surface area contributed by atoms with Crippen molar-refractivity contribution in [2.24, 2.45) is 0 Å². The molecule has 0 fully saturated rings. The zero-order valence-electron chi connectivity index (χ0n) is 14.2. The van der Waals surface area contributed by atoms with Crippen LogP contribution in [0.3, 0.4) is 0 Å². The summed E-state index contributed by atoms with van der Waals surface area (Å²) in [5.74, 6) is -0.966. The first-order valence-corrected chi connectivity index (χ1v) is 8.09. The number of alkyl halides is 3. The van der Waals surface area contributed by atoms with Crippen LogP contribution >= 0.6 is 0 Å². The van der Waals surface area contributed by atoms with Crippen molar-refractivity contribution in [2.75, 3.05) is 11.9 Å². The number of amides is 2. The predicted molar refractivity (Wildman–Crippen MR) is 88.2 cm³/mol. The first-order valence-electron chi connectivity index (χ1n) is 8.09. The average molecular weight is 366 g/mol. The second-order valence-corrected chi connectivity index (χ2v) is 6.36. The summed E-state index contributed by atoms with van der Waals surface area (Å²) in [6.45, 7) is 3.72. The van der Waals surface area contributed by atoms with Crippen molar-refractivity contribution in [1.82, 2.24) is 5.32 Å². The quantitative estimate of drug-likeness (QED) is 0.864. The number of carbonyl (C=O) groups is 2. The number of nitrogens with one attached hydrogen (secondary N) is 2. The fraction of sp³-hybridized carbons (Fsp3) is 0.333. The third-order valence-corrected chi connectivity index (χ3v) is 4.21. The summed E-state index contributed by atoms with van der Waals surface area (Å²) >= 11 is 0. The molecule has 1 aliphatic rings. The molecule has 0 saturated heterocycles. The number of benzene rings is 1. The third-order valence-electron chi connectivity index (χ3n) is 4.21. The molecular formula is C18H17F3N2O3. The van der Waals surface area contributed by atoms with E-state index in [1.54, 1.807) is 13.8 Å². The minimum absolute atomic E-state index is 0.0585. The molecule has 8 heteroatoms. The number of hydrogen-bond acceptors (Lipinski definition) is 3. The van der Waals surface area contributed by atoms with Gasteiger partial charge in [0.15, 0.2) is 0 Å². The Morgan fingerprint density at radius 2 is 2.04 bits per heavy atom. The van der Waals surface area contributed by atoms with Crippen LogP contribution in [0.15, 0.2) is 28.9 Å². The highest BCUT2D eigenvalue weighted by atomic mass is 19.4. The van der Waals surface area contributed by atoms with Crippen LogP contribution in [0.25, 0.3) is 0 Å². The summed E-state index contributed by atoms with van der Waals surface area (Å²) < 4.78 is 44.6. The average Bonchev–Trinajstić information content (AvgIpc) is 2.99. The number of halogens is 3. The van der Waals surface area contributed by atoms with Crippen molar-refractivity contribution in [3.05, 3.63) is 52.5 Å². The lowest BCUT2D eigenvalue weighted by Gasteiger charge is -2.17. The Kier molecular flexibility index (Phi) is 4.52. The zero-order valence-corrected chi connectivity index (χ0v) is 14.2. The van der Waals surface area contributed by atoms with Crippen molar-refractivity contribution in [3.8, 4) is 0 Å². The summed E-state index contributed by atoms with van der Waals surface area (Å²) in [6.07, 6.45) is -2.80. The van der Waals surface area contributed by atoms with Gasteiger partial charge in [-0.3, -0.25) is 9.59 Å². The fourth-order valence-corrected chi connectivity index (χ4v) is 2.95. The van der Waals surface area contributed by atoms with Crippen LogP contribution < -0.4 is 10.6 Å². The van der Waals surface area contributed by atoms with Crippen molar-refractivity contribution in [3.63, 3.8) is 0 Å². The van der Waals surface area contributed by atoms with Crippen LogP contribution in [0.5, 0.6) is 0 Å². The zero-order chi connectivity index (χ0) is 19.1. The van der Waals surface area contributed by atoms with Crippen LogP contribution in [-0.2, 0) is 12.6 Å². The molecular weight excluding hydrogens is 349 g/mol. The molecule has 0 radical (unpaired) electrons. The smallest absolute Gasteiger partial charge is 0.416 e. The second kappa shape index (κ2) is 6.51. The van der Waals surface area contributed by atoms with E-state index in [4.69, 9.17) is 4.42 Å². The van der Waals surface area contributed by atoms with Gasteiger partial charge in [0, 0.05) is 18.7 Å². The molecule has 1 aromatic carbocycles. The molecule has 138 valence electrons. The van der Waals surface area contributed by atoms with E-state index >= 15 is 0 Å². The first-order chi connectivity index (χ1) is 12.2. The lowest BCUT2D eigenvalue weighted by molar-refractivity contribution is -0.138. The standard InChI is InChI=1S/C18H17F3N2O3/c1-9(2)11-7-10(3-4-13(11)18(19,20)21)23-16(24)12-8-26-14-5-6-22-17(25)15(12)14/h3-4,7-9H,5-6H2,1-2H3,(H,22,25)(H,23,24).